The molecule has 1 fully saturated rings. The summed E-state index contributed by atoms with van der Waals surface area (Å²) in [5.41, 5.74) is 1.26. The molecule has 1 rings (SSSR count). The minimum atomic E-state index is -0.713. The van der Waals surface area contributed by atoms with E-state index in [1.807, 2.05) is 6.92 Å². The molecule has 0 aliphatic carbocycles. The van der Waals surface area contributed by atoms with Gasteiger partial charge in [0.15, 0.2) is 0 Å². The third-order valence-corrected chi connectivity index (χ3v) is 3.73. The largest absolute Gasteiger partial charge is 0.395 e. The quantitative estimate of drug-likeness (QED) is 0.631. The zero-order chi connectivity index (χ0) is 14.3. The summed E-state index contributed by atoms with van der Waals surface area (Å²) in [6, 6.07) is -0.0494. The number of nitrogens with zero attached hydrogens (tertiary/aromatic N) is 1. The van der Waals surface area contributed by atoms with Gasteiger partial charge in [-0.25, -0.2) is 0 Å². The van der Waals surface area contributed by atoms with Crippen molar-refractivity contribution < 1.29 is 15.3 Å². The summed E-state index contributed by atoms with van der Waals surface area (Å²) in [4.78, 5) is 2.07. The second kappa shape index (κ2) is 8.48. The van der Waals surface area contributed by atoms with Crippen LogP contribution in [0, 0.1) is 0 Å². The summed E-state index contributed by atoms with van der Waals surface area (Å²) in [5, 5.41) is 28.7. The maximum absolute atomic E-state index is 9.72. The molecule has 4 nitrogen and oxygen atoms in total. The number of hydrogen-bond donors (Lipinski definition) is 3. The second-order valence-electron chi connectivity index (χ2n) is 5.13. The summed E-state index contributed by atoms with van der Waals surface area (Å²) in [6.07, 6.45) is 7.29. The molecular formula is C15H27NO3. The van der Waals surface area contributed by atoms with Gasteiger partial charge in [-0.15, -0.1) is 0 Å². The van der Waals surface area contributed by atoms with Crippen molar-refractivity contribution in [1.29, 1.82) is 0 Å². The lowest BCUT2D eigenvalue weighted by atomic mass is 9.97. The first kappa shape index (κ1) is 16.4. The molecule has 0 radical (unpaired) electrons. The maximum atomic E-state index is 9.72. The third kappa shape index (κ3) is 5.07. The molecule has 0 spiro atoms. The second-order valence-corrected chi connectivity index (χ2v) is 5.13. The molecule has 110 valence electrons. The molecule has 3 N–H and O–H groups in total. The van der Waals surface area contributed by atoms with Crippen molar-refractivity contribution in [3.05, 3.63) is 23.8 Å². The van der Waals surface area contributed by atoms with Crippen LogP contribution in [0.15, 0.2) is 23.8 Å². The highest BCUT2D eigenvalue weighted by molar-refractivity contribution is 5.18. The van der Waals surface area contributed by atoms with E-state index in [0.29, 0.717) is 13.0 Å². The molecule has 19 heavy (non-hydrogen) atoms. The number of β-amino-alcohol motifs (C(OH)–C–C–N with tert-alkyl or cyclic N) is 1. The van der Waals surface area contributed by atoms with Gasteiger partial charge in [0.05, 0.1) is 18.8 Å². The van der Waals surface area contributed by atoms with Crippen LogP contribution in [0.4, 0.5) is 0 Å². The normalized spacial score (nSPS) is 30.2. The Bertz CT molecular complexity index is 315. The zero-order valence-corrected chi connectivity index (χ0v) is 12.0. The number of rotatable bonds is 6. The van der Waals surface area contributed by atoms with Crippen LogP contribution in [0.5, 0.6) is 0 Å². The topological polar surface area (TPSA) is 63.9 Å². The van der Waals surface area contributed by atoms with Crippen LogP contribution < -0.4 is 0 Å². The van der Waals surface area contributed by atoms with E-state index < -0.39 is 12.2 Å². The van der Waals surface area contributed by atoms with Gasteiger partial charge in [-0.3, -0.25) is 4.90 Å². The summed E-state index contributed by atoms with van der Waals surface area (Å²) >= 11 is 0. The molecule has 0 aromatic carbocycles. The molecule has 0 bridgehead atoms. The average Bonchev–Trinajstić information content (AvgIpc) is 2.42. The van der Waals surface area contributed by atoms with Gasteiger partial charge < -0.3 is 15.3 Å². The van der Waals surface area contributed by atoms with Crippen molar-refractivity contribution >= 4 is 0 Å². The highest BCUT2D eigenvalue weighted by Gasteiger charge is 2.32. The molecule has 1 unspecified atom stereocenters. The Balaban J connectivity index is 2.52. The van der Waals surface area contributed by atoms with Crippen molar-refractivity contribution in [3.8, 4) is 0 Å². The van der Waals surface area contributed by atoms with Gasteiger partial charge in [-0.1, -0.05) is 30.7 Å². The Hall–Kier alpha value is -0.680. The Morgan fingerprint density at radius 1 is 1.32 bits per heavy atom. The van der Waals surface area contributed by atoms with E-state index in [2.05, 4.69) is 30.1 Å². The fourth-order valence-electron chi connectivity index (χ4n) is 2.43. The average molecular weight is 269 g/mol. The van der Waals surface area contributed by atoms with Crippen molar-refractivity contribution in [3.63, 3.8) is 0 Å². The molecule has 1 heterocycles. The van der Waals surface area contributed by atoms with Crippen LogP contribution in [-0.4, -0.2) is 58.2 Å². The first-order valence-electron chi connectivity index (χ1n) is 7.15. The van der Waals surface area contributed by atoms with Gasteiger partial charge in [0.2, 0.25) is 0 Å². The number of piperidine rings is 1. The molecule has 1 aliphatic heterocycles. The van der Waals surface area contributed by atoms with Gasteiger partial charge in [0.1, 0.15) is 0 Å². The van der Waals surface area contributed by atoms with Gasteiger partial charge in [-0.2, -0.15) is 0 Å². The highest BCUT2D eigenvalue weighted by atomic mass is 16.3. The molecule has 3 atom stereocenters. The summed E-state index contributed by atoms with van der Waals surface area (Å²) in [7, 11) is 0. The summed E-state index contributed by atoms with van der Waals surface area (Å²) in [6.45, 7) is 5.38. The van der Waals surface area contributed by atoms with E-state index in [9.17, 15) is 15.3 Å². The number of aliphatic hydroxyl groups excluding tert-OH is 3. The lowest BCUT2D eigenvalue weighted by Crippen LogP contribution is -2.53. The third-order valence-electron chi connectivity index (χ3n) is 3.73. The standard InChI is InChI=1S/C15H27NO3/c1-3-5-6-12(4-2)7-8-16-10-15(19)14(18)9-13(16)11-17/h4-6,13-15,17-19H,3,7-11H2,1-2H3/b6-5-,12-4+/t13-,14?,15+/m1/s1. The first-order valence-corrected chi connectivity index (χ1v) is 7.15. The SMILES string of the molecule is C/C=C(\C=C/CC)CCN1C[C@H](O)C(O)C[C@@H]1CO. The molecular weight excluding hydrogens is 242 g/mol. The number of allylic oxidation sites excluding steroid dienone is 3. The molecule has 0 aromatic rings. The fourth-order valence-corrected chi connectivity index (χ4v) is 2.43. The van der Waals surface area contributed by atoms with E-state index in [4.69, 9.17) is 0 Å². The van der Waals surface area contributed by atoms with Crippen molar-refractivity contribution in [2.45, 2.75) is 51.4 Å². The van der Waals surface area contributed by atoms with E-state index in [-0.39, 0.29) is 12.6 Å². The smallest absolute Gasteiger partial charge is 0.0926 e. The van der Waals surface area contributed by atoms with E-state index >= 15 is 0 Å². The first-order chi connectivity index (χ1) is 9.12. The van der Waals surface area contributed by atoms with Crippen LogP contribution in [0.3, 0.4) is 0 Å². The minimum Gasteiger partial charge on any atom is -0.395 e. The van der Waals surface area contributed by atoms with Gasteiger partial charge in [0.25, 0.3) is 0 Å². The number of aliphatic hydroxyl groups is 3. The summed E-state index contributed by atoms with van der Waals surface area (Å²) < 4.78 is 0. The Morgan fingerprint density at radius 2 is 2.05 bits per heavy atom. The minimum absolute atomic E-state index is 0.0275. The predicted molar refractivity (Wildman–Crippen MR) is 76.9 cm³/mol. The van der Waals surface area contributed by atoms with Crippen LogP contribution in [-0.2, 0) is 0 Å². The summed E-state index contributed by atoms with van der Waals surface area (Å²) in [5.74, 6) is 0. The number of hydrogen-bond acceptors (Lipinski definition) is 4. The maximum Gasteiger partial charge on any atom is 0.0926 e. The molecule has 0 aromatic heterocycles. The molecule has 4 heteroatoms. The predicted octanol–water partition coefficient (Wildman–Crippen LogP) is 1.08. The zero-order valence-electron chi connectivity index (χ0n) is 12.0. The molecule has 0 saturated carbocycles. The number of likely N-dealkylation sites (tertiary alicyclic amines) is 1. The highest BCUT2D eigenvalue weighted by Crippen LogP contribution is 2.19. The lowest BCUT2D eigenvalue weighted by Gasteiger charge is -2.39. The van der Waals surface area contributed by atoms with Crippen LogP contribution >= 0.6 is 0 Å². The lowest BCUT2D eigenvalue weighted by molar-refractivity contribution is -0.0703. The molecule has 1 aliphatic rings. The van der Waals surface area contributed by atoms with Gasteiger partial charge >= 0.3 is 0 Å². The monoisotopic (exact) mass is 269 g/mol. The van der Waals surface area contributed by atoms with Crippen LogP contribution in [0.2, 0.25) is 0 Å². The van der Waals surface area contributed by atoms with Gasteiger partial charge in [0, 0.05) is 19.1 Å². The van der Waals surface area contributed by atoms with Gasteiger partial charge in [-0.05, 0) is 26.2 Å². The van der Waals surface area contributed by atoms with Crippen LogP contribution in [0.1, 0.15) is 33.1 Å². The molecule has 0 amide bonds. The Morgan fingerprint density at radius 3 is 2.63 bits per heavy atom. The van der Waals surface area contributed by atoms with Crippen molar-refractivity contribution in [2.75, 3.05) is 19.7 Å². The van der Waals surface area contributed by atoms with E-state index in [1.165, 1.54) is 5.57 Å². The van der Waals surface area contributed by atoms with Crippen molar-refractivity contribution in [1.82, 2.24) is 4.90 Å². The molecule has 1 saturated heterocycles. The van der Waals surface area contributed by atoms with E-state index in [1.54, 1.807) is 0 Å². The fraction of sp³-hybridized carbons (Fsp3) is 0.733. The van der Waals surface area contributed by atoms with Crippen LogP contribution in [0.25, 0.3) is 0 Å². The Labute approximate surface area is 116 Å². The Kier molecular flexibility index (Phi) is 7.31. The van der Waals surface area contributed by atoms with Crippen molar-refractivity contribution in [2.24, 2.45) is 0 Å². The van der Waals surface area contributed by atoms with E-state index in [0.717, 1.165) is 19.4 Å².